The van der Waals surface area contributed by atoms with Gasteiger partial charge in [-0.1, -0.05) is 49.6 Å². The fourth-order valence-electron chi connectivity index (χ4n) is 5.42. The first-order valence-electron chi connectivity index (χ1n) is 13.0. The smallest absolute Gasteiger partial charge is 0.269 e. The zero-order chi connectivity index (χ0) is 27.7. The summed E-state index contributed by atoms with van der Waals surface area (Å²) in [4.78, 5) is 42.3. The van der Waals surface area contributed by atoms with Crippen LogP contribution < -0.4 is 10.2 Å². The SMILES string of the molecule is Cc1nn(C)cc1[C@H](C(=O)NC1CCCCC1)N(C(=O)CN1C(=O)c2ccccc2S1(=O)=O)c1ccccc1. The fourth-order valence-corrected chi connectivity index (χ4v) is 6.94. The summed E-state index contributed by atoms with van der Waals surface area (Å²) in [5, 5.41) is 7.52. The molecule has 11 heteroatoms. The molecule has 3 aromatic rings. The molecule has 1 aliphatic heterocycles. The summed E-state index contributed by atoms with van der Waals surface area (Å²) in [5.41, 5.74) is 1.50. The Hall–Kier alpha value is -3.99. The summed E-state index contributed by atoms with van der Waals surface area (Å²) in [6.07, 6.45) is 6.53. The second kappa shape index (κ2) is 10.6. The van der Waals surface area contributed by atoms with Crippen molar-refractivity contribution in [1.29, 1.82) is 0 Å². The van der Waals surface area contributed by atoms with E-state index in [9.17, 15) is 22.8 Å². The maximum Gasteiger partial charge on any atom is 0.269 e. The van der Waals surface area contributed by atoms with Gasteiger partial charge in [-0.3, -0.25) is 24.0 Å². The van der Waals surface area contributed by atoms with E-state index in [1.54, 1.807) is 61.2 Å². The van der Waals surface area contributed by atoms with E-state index < -0.39 is 34.4 Å². The fraction of sp³-hybridized carbons (Fsp3) is 0.357. The summed E-state index contributed by atoms with van der Waals surface area (Å²) in [6.45, 7) is 1.01. The average molecular weight is 550 g/mol. The number of sulfonamides is 1. The van der Waals surface area contributed by atoms with Gasteiger partial charge in [-0.15, -0.1) is 0 Å². The first kappa shape index (κ1) is 26.6. The van der Waals surface area contributed by atoms with E-state index in [4.69, 9.17) is 0 Å². The molecular weight excluding hydrogens is 518 g/mol. The van der Waals surface area contributed by atoms with E-state index in [1.165, 1.54) is 23.1 Å². The van der Waals surface area contributed by atoms with Crippen molar-refractivity contribution in [2.45, 2.75) is 56.0 Å². The molecule has 5 rings (SSSR count). The molecule has 2 aliphatic rings. The minimum atomic E-state index is -4.22. The average Bonchev–Trinajstić information content (AvgIpc) is 3.35. The molecule has 0 radical (unpaired) electrons. The van der Waals surface area contributed by atoms with Crippen LogP contribution in [0.25, 0.3) is 0 Å². The van der Waals surface area contributed by atoms with Crippen molar-refractivity contribution in [2.75, 3.05) is 11.4 Å². The predicted octanol–water partition coefficient (Wildman–Crippen LogP) is 3.10. The number of carbonyl (C=O) groups excluding carboxylic acids is 3. The molecule has 0 spiro atoms. The molecule has 0 saturated heterocycles. The molecule has 3 amide bonds. The summed E-state index contributed by atoms with van der Waals surface area (Å²) < 4.78 is 28.6. The molecule has 1 atom stereocenters. The quantitative estimate of drug-likeness (QED) is 0.483. The van der Waals surface area contributed by atoms with Crippen molar-refractivity contribution in [3.05, 3.63) is 77.6 Å². The first-order chi connectivity index (χ1) is 18.7. The topological polar surface area (TPSA) is 122 Å². The Morgan fingerprint density at radius 3 is 2.36 bits per heavy atom. The van der Waals surface area contributed by atoms with Gasteiger partial charge >= 0.3 is 0 Å². The van der Waals surface area contributed by atoms with Crippen molar-refractivity contribution in [2.24, 2.45) is 7.05 Å². The lowest BCUT2D eigenvalue weighted by Gasteiger charge is -2.33. The summed E-state index contributed by atoms with van der Waals surface area (Å²) in [7, 11) is -2.49. The third-order valence-corrected chi connectivity index (χ3v) is 9.09. The number of nitrogens with one attached hydrogen (secondary N) is 1. The molecule has 1 aromatic heterocycles. The van der Waals surface area contributed by atoms with Crippen LogP contribution in [0.2, 0.25) is 0 Å². The molecule has 1 N–H and O–H groups in total. The number of hydrogen-bond donors (Lipinski definition) is 1. The van der Waals surface area contributed by atoms with Gasteiger partial charge in [0.2, 0.25) is 11.8 Å². The number of aromatic nitrogens is 2. The lowest BCUT2D eigenvalue weighted by molar-refractivity contribution is -0.127. The minimum Gasteiger partial charge on any atom is -0.351 e. The Kier molecular flexibility index (Phi) is 7.26. The van der Waals surface area contributed by atoms with Gasteiger partial charge in [-0.05, 0) is 44.0 Å². The normalized spacial score (nSPS) is 17.5. The standard InChI is InChI=1S/C28H31N5O5S/c1-19-23(17-31(2)30-19)26(27(35)29-20-11-5-3-6-12-20)33(21-13-7-4-8-14-21)25(34)18-32-28(36)22-15-9-10-16-24(22)39(32,37)38/h4,7-10,13-17,20,26H,3,5-6,11-12,18H2,1-2H3,(H,29,35)/t26-/m1/s1. The van der Waals surface area contributed by atoms with Crippen molar-refractivity contribution < 1.29 is 22.8 Å². The van der Waals surface area contributed by atoms with Crippen LogP contribution in [0.3, 0.4) is 0 Å². The van der Waals surface area contributed by atoms with Crippen molar-refractivity contribution >= 4 is 33.4 Å². The Morgan fingerprint density at radius 2 is 1.72 bits per heavy atom. The maximum atomic E-state index is 14.1. The lowest BCUT2D eigenvalue weighted by Crippen LogP contribution is -2.50. The summed E-state index contributed by atoms with van der Waals surface area (Å²) in [5.74, 6) is -1.86. The number of anilines is 1. The van der Waals surface area contributed by atoms with E-state index in [1.807, 2.05) is 0 Å². The Morgan fingerprint density at radius 1 is 1.05 bits per heavy atom. The summed E-state index contributed by atoms with van der Waals surface area (Å²) >= 11 is 0. The molecule has 1 fully saturated rings. The monoisotopic (exact) mass is 549 g/mol. The maximum absolute atomic E-state index is 14.1. The van der Waals surface area contributed by atoms with Crippen LogP contribution in [0.4, 0.5) is 5.69 Å². The molecule has 10 nitrogen and oxygen atoms in total. The number of hydrogen-bond acceptors (Lipinski definition) is 6. The Labute approximate surface area is 227 Å². The highest BCUT2D eigenvalue weighted by atomic mass is 32.2. The van der Waals surface area contributed by atoms with Gasteiger partial charge in [-0.25, -0.2) is 12.7 Å². The molecule has 0 bridgehead atoms. The molecule has 204 valence electrons. The van der Waals surface area contributed by atoms with Gasteiger partial charge in [0.05, 0.1) is 11.3 Å². The van der Waals surface area contributed by atoms with E-state index in [-0.39, 0.29) is 22.4 Å². The summed E-state index contributed by atoms with van der Waals surface area (Å²) in [6, 6.07) is 13.3. The molecule has 2 aromatic carbocycles. The highest BCUT2D eigenvalue weighted by Gasteiger charge is 2.44. The number of carbonyl (C=O) groups is 3. The van der Waals surface area contributed by atoms with Crippen LogP contribution >= 0.6 is 0 Å². The van der Waals surface area contributed by atoms with Crippen molar-refractivity contribution in [3.8, 4) is 0 Å². The van der Waals surface area contributed by atoms with Crippen molar-refractivity contribution in [1.82, 2.24) is 19.4 Å². The minimum absolute atomic E-state index is 0.0197. The van der Waals surface area contributed by atoms with Gasteiger partial charge < -0.3 is 5.32 Å². The first-order valence-corrected chi connectivity index (χ1v) is 14.5. The van der Waals surface area contributed by atoms with Crippen LogP contribution in [0.1, 0.15) is 59.8 Å². The van der Waals surface area contributed by atoms with Crippen LogP contribution in [0.15, 0.2) is 65.7 Å². The number of fused-ring (bicyclic) bond motifs is 1. The van der Waals surface area contributed by atoms with Crippen LogP contribution in [-0.2, 0) is 26.7 Å². The third kappa shape index (κ3) is 5.06. The van der Waals surface area contributed by atoms with Gasteiger partial charge in [0.15, 0.2) is 0 Å². The number of nitrogens with zero attached hydrogens (tertiary/aromatic N) is 4. The molecule has 1 aliphatic carbocycles. The molecular formula is C28H31N5O5S. The molecule has 39 heavy (non-hydrogen) atoms. The highest BCUT2D eigenvalue weighted by molar-refractivity contribution is 7.90. The lowest BCUT2D eigenvalue weighted by atomic mass is 9.94. The van der Waals surface area contributed by atoms with Crippen LogP contribution in [0, 0.1) is 6.92 Å². The highest BCUT2D eigenvalue weighted by Crippen LogP contribution is 2.33. The number of para-hydroxylation sites is 1. The van der Waals surface area contributed by atoms with E-state index in [2.05, 4.69) is 10.4 Å². The second-order valence-corrected chi connectivity index (χ2v) is 11.8. The number of amides is 3. The van der Waals surface area contributed by atoms with E-state index >= 15 is 0 Å². The molecule has 1 saturated carbocycles. The van der Waals surface area contributed by atoms with E-state index in [0.717, 1.165) is 32.1 Å². The Balaban J connectivity index is 1.55. The van der Waals surface area contributed by atoms with E-state index in [0.29, 0.717) is 21.2 Å². The van der Waals surface area contributed by atoms with Gasteiger partial charge in [0.1, 0.15) is 17.5 Å². The van der Waals surface area contributed by atoms with Gasteiger partial charge in [-0.2, -0.15) is 5.10 Å². The van der Waals surface area contributed by atoms with Crippen molar-refractivity contribution in [3.63, 3.8) is 0 Å². The molecule has 2 heterocycles. The largest absolute Gasteiger partial charge is 0.351 e. The second-order valence-electron chi connectivity index (χ2n) is 10.0. The Bertz CT molecular complexity index is 1510. The van der Waals surface area contributed by atoms with Gasteiger partial charge in [0.25, 0.3) is 15.9 Å². The van der Waals surface area contributed by atoms with Crippen LogP contribution in [-0.4, -0.2) is 52.8 Å². The predicted molar refractivity (Wildman–Crippen MR) is 144 cm³/mol. The molecule has 0 unspecified atom stereocenters. The van der Waals surface area contributed by atoms with Gasteiger partial charge in [0, 0.05) is 30.5 Å². The number of benzene rings is 2. The third-order valence-electron chi connectivity index (χ3n) is 7.30. The number of rotatable bonds is 7. The zero-order valence-electron chi connectivity index (χ0n) is 21.9. The van der Waals surface area contributed by atoms with Crippen LogP contribution in [0.5, 0.6) is 0 Å². The number of aryl methyl sites for hydroxylation is 2. The zero-order valence-corrected chi connectivity index (χ0v) is 22.7.